The monoisotopic (exact) mass is 559 g/mol. The molecule has 1 unspecified atom stereocenters. The summed E-state index contributed by atoms with van der Waals surface area (Å²) in [5, 5.41) is 13.0. The number of fused-ring (bicyclic) bond motifs is 1. The summed E-state index contributed by atoms with van der Waals surface area (Å²) in [5.74, 6) is -4.40. The number of carboxylic acid groups (broad SMARTS) is 1. The summed E-state index contributed by atoms with van der Waals surface area (Å²) in [4.78, 5) is 49.8. The Morgan fingerprint density at radius 3 is 2.36 bits per heavy atom. The van der Waals surface area contributed by atoms with Gasteiger partial charge < -0.3 is 29.2 Å². The summed E-state index contributed by atoms with van der Waals surface area (Å²) in [6, 6.07) is 5.72. The van der Waals surface area contributed by atoms with Gasteiger partial charge in [0.2, 0.25) is 5.91 Å². The molecule has 1 fully saturated rings. The summed E-state index contributed by atoms with van der Waals surface area (Å²) >= 11 is 1.02. The van der Waals surface area contributed by atoms with E-state index < -0.39 is 56.9 Å². The first-order chi connectivity index (χ1) is 15.9. The number of carbonyl (C=O) groups excluding carboxylic acids is 4. The van der Waals surface area contributed by atoms with Crippen LogP contribution in [0.2, 0.25) is 0 Å². The molecule has 1 aromatic rings. The fraction of sp³-hybridized carbons (Fsp3) is 0.368. The predicted molar refractivity (Wildman–Crippen MR) is 112 cm³/mol. The minimum absolute atomic E-state index is 0. The second kappa shape index (κ2) is 13.2. The number of hydrogen-bond donors (Lipinski definition) is 2. The summed E-state index contributed by atoms with van der Waals surface area (Å²) < 4.78 is 45.8. The van der Waals surface area contributed by atoms with Gasteiger partial charge in [-0.05, 0) is 5.56 Å². The maximum Gasteiger partial charge on any atom is 1.00 e. The number of methoxy groups -OCH3 is 1. The average molecular weight is 559 g/mol. The Morgan fingerprint density at radius 2 is 1.86 bits per heavy atom. The van der Waals surface area contributed by atoms with Crippen LogP contribution in [0, 0.1) is 0 Å². The molecule has 13 nitrogen and oxygen atoms in total. The van der Waals surface area contributed by atoms with E-state index in [-0.39, 0.29) is 82.6 Å². The first-order valence-electron chi connectivity index (χ1n) is 9.58. The Labute approximate surface area is 255 Å². The van der Waals surface area contributed by atoms with Crippen molar-refractivity contribution in [1.29, 1.82) is 0 Å². The molecule has 184 valence electrons. The minimum Gasteiger partial charge on any atom is -0.735 e. The van der Waals surface area contributed by atoms with Crippen LogP contribution >= 0.6 is 11.8 Å². The third-order valence-corrected chi connectivity index (χ3v) is 6.94. The van der Waals surface area contributed by atoms with E-state index in [4.69, 9.17) is 9.47 Å². The number of carbonyl (C=O) groups is 4. The third-order valence-electron chi connectivity index (χ3n) is 5.04. The Balaban J connectivity index is 0.00000324. The van der Waals surface area contributed by atoms with Crippen molar-refractivity contribution in [2.75, 3.05) is 19.5 Å². The van der Waals surface area contributed by atoms with Crippen molar-refractivity contribution in [3.05, 3.63) is 47.2 Å². The SMILES string of the molecule is CO[C@]1(NC(=O)C(NS(=O)(=O)[O-])c2ccccc2)C(=O)N2C(C(=O)[O-])=C(COC(C)=O)CS[C@@H]21.[Na+].[Na+]. The van der Waals surface area contributed by atoms with Gasteiger partial charge in [-0.25, -0.2) is 13.1 Å². The van der Waals surface area contributed by atoms with Gasteiger partial charge in [-0.1, -0.05) is 30.3 Å². The van der Waals surface area contributed by atoms with Crippen molar-refractivity contribution in [2.24, 2.45) is 0 Å². The zero-order valence-corrected chi connectivity index (χ0v) is 25.4. The van der Waals surface area contributed by atoms with Crippen LogP contribution in [-0.4, -0.2) is 72.2 Å². The first kappa shape index (κ1) is 33.0. The van der Waals surface area contributed by atoms with Gasteiger partial charge in [-0.3, -0.25) is 19.3 Å². The molecule has 2 aliphatic heterocycles. The molecule has 1 saturated heterocycles. The molecule has 1 aromatic carbocycles. The standard InChI is InChI=1S/C19H21N3O10S2.2Na/c1-10(23)32-8-12-9-33-18-19(31-2,17(27)22(18)14(12)16(25)26)20-15(24)13(21-34(28,29)30)11-6-4-3-5-7-11;;/h3-7,13,18,21H,8-9H2,1-2H3,(H,20,24)(H,25,26)(H,28,29,30);;/q;2*+1/p-2/t13?,18-,19-;;/m1../s1. The molecule has 2 N–H and O–H groups in total. The van der Waals surface area contributed by atoms with Crippen LogP contribution in [0.3, 0.4) is 0 Å². The minimum atomic E-state index is -5.08. The fourth-order valence-electron chi connectivity index (χ4n) is 3.55. The Kier molecular flexibility index (Phi) is 12.1. The van der Waals surface area contributed by atoms with Gasteiger partial charge in [0.05, 0.1) is 11.7 Å². The van der Waals surface area contributed by atoms with E-state index in [2.05, 4.69) is 5.32 Å². The number of β-lactam (4-membered cyclic amide) rings is 1. The van der Waals surface area contributed by atoms with Gasteiger partial charge in [-0.2, -0.15) is 0 Å². The normalized spacial score (nSPS) is 21.7. The number of carboxylic acids is 1. The molecule has 3 rings (SSSR count). The molecular weight excluding hydrogens is 540 g/mol. The molecule has 0 spiro atoms. The fourth-order valence-corrected chi connectivity index (χ4v) is 5.50. The molecule has 0 bridgehead atoms. The maximum atomic E-state index is 13.1. The van der Waals surface area contributed by atoms with Crippen molar-refractivity contribution >= 4 is 45.8 Å². The van der Waals surface area contributed by atoms with E-state index in [9.17, 15) is 37.3 Å². The number of aliphatic carboxylic acids is 1. The molecule has 0 radical (unpaired) electrons. The number of thioether (sulfide) groups is 1. The largest absolute Gasteiger partial charge is 1.00 e. The average Bonchev–Trinajstić information content (AvgIpc) is 2.78. The number of rotatable bonds is 9. The molecule has 36 heavy (non-hydrogen) atoms. The molecular formula is C19H19N3Na2O10S2. The Bertz CT molecular complexity index is 1170. The van der Waals surface area contributed by atoms with Crippen molar-refractivity contribution in [3.8, 4) is 0 Å². The first-order valence-corrected chi connectivity index (χ1v) is 12.0. The van der Waals surface area contributed by atoms with E-state index in [1.165, 1.54) is 24.3 Å². The van der Waals surface area contributed by atoms with Crippen LogP contribution in [0.1, 0.15) is 18.5 Å². The molecule has 2 amide bonds. The molecule has 3 atom stereocenters. The zero-order valence-electron chi connectivity index (χ0n) is 19.8. The van der Waals surface area contributed by atoms with Crippen molar-refractivity contribution in [2.45, 2.75) is 24.1 Å². The van der Waals surface area contributed by atoms with E-state index >= 15 is 0 Å². The number of esters is 1. The molecule has 0 aliphatic carbocycles. The quantitative estimate of drug-likeness (QED) is 0.0959. The van der Waals surface area contributed by atoms with Crippen LogP contribution in [0.25, 0.3) is 0 Å². The van der Waals surface area contributed by atoms with E-state index in [1.54, 1.807) is 10.8 Å². The second-order valence-corrected chi connectivity index (χ2v) is 9.42. The van der Waals surface area contributed by atoms with Gasteiger partial charge in [0.15, 0.2) is 10.3 Å². The van der Waals surface area contributed by atoms with Gasteiger partial charge in [0.1, 0.15) is 18.0 Å². The topological polar surface area (TPSA) is 194 Å². The van der Waals surface area contributed by atoms with Crippen LogP contribution in [0.5, 0.6) is 0 Å². The van der Waals surface area contributed by atoms with E-state index in [0.29, 0.717) is 0 Å². The number of nitrogens with one attached hydrogen (secondary N) is 2. The summed E-state index contributed by atoms with van der Waals surface area (Å²) in [5.41, 5.74) is -2.35. The predicted octanol–water partition coefficient (Wildman–Crippen LogP) is -8.27. The molecule has 0 aromatic heterocycles. The summed E-state index contributed by atoms with van der Waals surface area (Å²) in [6.45, 7) is 0.757. The van der Waals surface area contributed by atoms with Gasteiger partial charge in [-0.15, -0.1) is 11.8 Å². The zero-order chi connectivity index (χ0) is 25.3. The van der Waals surface area contributed by atoms with E-state index in [0.717, 1.165) is 30.7 Å². The smallest absolute Gasteiger partial charge is 0.735 e. The molecule has 2 aliphatic rings. The second-order valence-electron chi connectivity index (χ2n) is 7.20. The van der Waals surface area contributed by atoms with Gasteiger partial charge >= 0.3 is 65.1 Å². The van der Waals surface area contributed by atoms with Crippen molar-refractivity contribution < 1.29 is 106 Å². The molecule has 17 heteroatoms. The number of benzene rings is 1. The number of nitrogens with zero attached hydrogens (tertiary/aromatic N) is 1. The number of amides is 2. The van der Waals surface area contributed by atoms with Gasteiger partial charge in [0, 0.05) is 25.4 Å². The van der Waals surface area contributed by atoms with Crippen molar-refractivity contribution in [3.63, 3.8) is 0 Å². The molecule has 0 saturated carbocycles. The number of ether oxygens (including phenoxy) is 2. The Morgan fingerprint density at radius 1 is 1.25 bits per heavy atom. The summed E-state index contributed by atoms with van der Waals surface area (Å²) in [7, 11) is -3.98. The van der Waals surface area contributed by atoms with Crippen LogP contribution in [-0.2, 0) is 39.0 Å². The number of hydrogen-bond acceptors (Lipinski definition) is 11. The van der Waals surface area contributed by atoms with Gasteiger partial charge in [0.25, 0.3) is 11.6 Å². The van der Waals surface area contributed by atoms with Crippen LogP contribution in [0.4, 0.5) is 0 Å². The van der Waals surface area contributed by atoms with E-state index in [1.807, 2.05) is 0 Å². The summed E-state index contributed by atoms with van der Waals surface area (Å²) in [6.07, 6.45) is 0. The third kappa shape index (κ3) is 6.91. The Hall–Kier alpha value is -0.980. The molecule has 2 heterocycles. The van der Waals surface area contributed by atoms with Crippen LogP contribution in [0.15, 0.2) is 41.6 Å². The van der Waals surface area contributed by atoms with Crippen molar-refractivity contribution in [1.82, 2.24) is 14.9 Å². The maximum absolute atomic E-state index is 13.1. The van der Waals surface area contributed by atoms with Crippen LogP contribution < -0.4 is 74.3 Å².